The number of halogens is 2. The molecular formula is C42H40Cl2N4O8S2. The van der Waals surface area contributed by atoms with Gasteiger partial charge in [0.1, 0.15) is 10.7 Å². The summed E-state index contributed by atoms with van der Waals surface area (Å²) in [5.74, 6) is -2.60. The van der Waals surface area contributed by atoms with Gasteiger partial charge in [0.25, 0.3) is 11.8 Å². The van der Waals surface area contributed by atoms with Gasteiger partial charge in [-0.2, -0.15) is 0 Å². The third-order valence-corrected chi connectivity index (χ3v) is 12.3. The van der Waals surface area contributed by atoms with Crippen LogP contribution in [0.4, 0.5) is 0 Å². The van der Waals surface area contributed by atoms with Crippen molar-refractivity contribution in [3.8, 4) is 23.0 Å². The quantitative estimate of drug-likeness (QED) is 0.0384. The van der Waals surface area contributed by atoms with Crippen molar-refractivity contribution in [2.45, 2.75) is 62.1 Å². The van der Waals surface area contributed by atoms with Crippen LogP contribution in [0.1, 0.15) is 84.4 Å². The molecule has 58 heavy (non-hydrogen) atoms. The van der Waals surface area contributed by atoms with Crippen LogP contribution in [0.2, 0.25) is 10.0 Å². The lowest BCUT2D eigenvalue weighted by Gasteiger charge is -2.24. The van der Waals surface area contributed by atoms with Gasteiger partial charge in [-0.25, -0.2) is 10.0 Å². The summed E-state index contributed by atoms with van der Waals surface area (Å²) in [5, 5.41) is 41.7. The molecule has 2 unspecified atom stereocenters. The third-order valence-electron chi connectivity index (χ3n) is 9.26. The number of aromatic hydroxyl groups is 4. The van der Waals surface area contributed by atoms with Gasteiger partial charge in [-0.15, -0.1) is 0 Å². The Bertz CT molecular complexity index is 2080. The number of benzene rings is 4. The van der Waals surface area contributed by atoms with Gasteiger partial charge in [-0.3, -0.25) is 30.0 Å². The first kappa shape index (κ1) is 42.3. The van der Waals surface area contributed by atoms with E-state index in [1.165, 1.54) is 57.8 Å². The predicted molar refractivity (Wildman–Crippen MR) is 226 cm³/mol. The number of carbonyl (C=O) groups excluding carboxylic acids is 4. The molecule has 4 aromatic carbocycles. The van der Waals surface area contributed by atoms with Gasteiger partial charge < -0.3 is 20.4 Å². The van der Waals surface area contributed by atoms with Crippen LogP contribution in [0.3, 0.4) is 0 Å². The van der Waals surface area contributed by atoms with Gasteiger partial charge >= 0.3 is 0 Å². The minimum atomic E-state index is -0.548. The summed E-state index contributed by atoms with van der Waals surface area (Å²) in [5.41, 5.74) is 8.09. The summed E-state index contributed by atoms with van der Waals surface area (Å²) in [6.45, 7) is 0. The lowest BCUT2D eigenvalue weighted by atomic mass is 10.1. The lowest BCUT2D eigenvalue weighted by Crippen LogP contribution is -2.44. The highest BCUT2D eigenvalue weighted by molar-refractivity contribution is 8.05. The Kier molecular flexibility index (Phi) is 14.2. The van der Waals surface area contributed by atoms with Crippen molar-refractivity contribution in [3.05, 3.63) is 127 Å². The number of hydrogen-bond acceptors (Lipinski definition) is 10. The summed E-state index contributed by atoms with van der Waals surface area (Å²) < 4.78 is 0. The van der Waals surface area contributed by atoms with E-state index in [2.05, 4.69) is 10.9 Å². The predicted octanol–water partition coefficient (Wildman–Crippen LogP) is 8.93. The number of thioether (sulfide) groups is 2. The van der Waals surface area contributed by atoms with E-state index in [0.717, 1.165) is 36.8 Å². The maximum atomic E-state index is 13.5. The fraction of sp³-hybridized carbons (Fsp3) is 0.238. The van der Waals surface area contributed by atoms with Crippen LogP contribution in [0.5, 0.6) is 23.0 Å². The first-order valence-electron chi connectivity index (χ1n) is 18.4. The normalized spacial score (nSPS) is 18.0. The molecule has 0 aliphatic carbocycles. The van der Waals surface area contributed by atoms with Crippen molar-refractivity contribution in [2.75, 3.05) is 0 Å². The second-order valence-electron chi connectivity index (χ2n) is 13.6. The molecule has 4 amide bonds. The molecular weight excluding hydrogens is 824 g/mol. The molecule has 16 heteroatoms. The van der Waals surface area contributed by atoms with Gasteiger partial charge in [-0.05, 0) is 95.8 Å². The summed E-state index contributed by atoms with van der Waals surface area (Å²) in [6.07, 6.45) is 8.02. The smallest absolute Gasteiger partial charge is 0.280 e. The van der Waals surface area contributed by atoms with E-state index in [4.69, 9.17) is 23.2 Å². The standard InChI is InChI=1S/C42H40Cl2N4O8S2/c43-29-15-11-27(12-16-29)41-47(39(55)35(57-41)23-25-9-19-31(49)33(51)21-25)45-37(53)7-5-3-1-2-4-6-8-38(54)46-48-40(56)36(24-26-10-20-32(50)34(52)22-26)58-42(48)28-13-17-30(44)18-14-28/h9-24,41-42,49-52H,1-8H2,(H,45,53)(H,46,54). The summed E-state index contributed by atoms with van der Waals surface area (Å²) in [6, 6.07) is 22.5. The van der Waals surface area contributed by atoms with Crippen LogP contribution >= 0.6 is 46.7 Å². The second kappa shape index (κ2) is 19.4. The fourth-order valence-electron chi connectivity index (χ4n) is 6.22. The van der Waals surface area contributed by atoms with Gasteiger partial charge in [0, 0.05) is 22.9 Å². The molecule has 12 nitrogen and oxygen atoms in total. The number of hydrogen-bond donors (Lipinski definition) is 6. The van der Waals surface area contributed by atoms with Gasteiger partial charge in [-0.1, -0.05) is 109 Å². The summed E-state index contributed by atoms with van der Waals surface area (Å²) in [7, 11) is 0. The number of carbonyl (C=O) groups is 4. The Labute approximate surface area is 353 Å². The van der Waals surface area contributed by atoms with Crippen LogP contribution in [0.15, 0.2) is 94.7 Å². The van der Waals surface area contributed by atoms with Crippen molar-refractivity contribution in [3.63, 3.8) is 0 Å². The number of phenols is 4. The third kappa shape index (κ3) is 10.8. The highest BCUT2D eigenvalue weighted by Gasteiger charge is 2.40. The molecule has 0 bridgehead atoms. The van der Waals surface area contributed by atoms with E-state index in [1.54, 1.807) is 72.8 Å². The van der Waals surface area contributed by atoms with E-state index in [1.807, 2.05) is 0 Å². The molecule has 0 radical (unpaired) electrons. The van der Waals surface area contributed by atoms with E-state index >= 15 is 0 Å². The molecule has 2 fully saturated rings. The van der Waals surface area contributed by atoms with Gasteiger partial charge in [0.05, 0.1) is 9.81 Å². The summed E-state index contributed by atoms with van der Waals surface area (Å²) >= 11 is 14.7. The topological polar surface area (TPSA) is 180 Å². The highest BCUT2D eigenvalue weighted by Crippen LogP contribution is 2.47. The van der Waals surface area contributed by atoms with Crippen LogP contribution < -0.4 is 10.9 Å². The Balaban J connectivity index is 0.952. The molecule has 6 N–H and O–H groups in total. The van der Waals surface area contributed by atoms with Crippen molar-refractivity contribution in [2.24, 2.45) is 0 Å². The van der Waals surface area contributed by atoms with Crippen LogP contribution in [0.25, 0.3) is 12.2 Å². The fourth-order valence-corrected chi connectivity index (χ4v) is 8.85. The zero-order valence-electron chi connectivity index (χ0n) is 30.9. The number of rotatable bonds is 15. The first-order chi connectivity index (χ1) is 27.9. The largest absolute Gasteiger partial charge is 0.504 e. The molecule has 2 heterocycles. The number of phenolic OH excluding ortho intramolecular Hbond substituents is 4. The average Bonchev–Trinajstić information content (AvgIpc) is 3.66. The zero-order chi connectivity index (χ0) is 41.3. The minimum absolute atomic E-state index is 0.204. The maximum absolute atomic E-state index is 13.5. The SMILES string of the molecule is O=C(CCCCCCCCC(=O)NN1C(=O)C(=Cc2ccc(O)c(O)c2)SC1c1ccc(Cl)cc1)NN1C(=O)C(=Cc2ccc(O)c(O)c2)SC1c1ccc(Cl)cc1. The molecule has 0 spiro atoms. The average molecular weight is 864 g/mol. The Morgan fingerprint density at radius 3 is 1.28 bits per heavy atom. The zero-order valence-corrected chi connectivity index (χ0v) is 34.1. The molecule has 6 rings (SSSR count). The number of nitrogens with zero attached hydrogens (tertiary/aromatic N) is 2. The van der Waals surface area contributed by atoms with Crippen LogP contribution in [0, 0.1) is 0 Å². The van der Waals surface area contributed by atoms with Gasteiger partial charge in [0.15, 0.2) is 23.0 Å². The van der Waals surface area contributed by atoms with Gasteiger partial charge in [0.2, 0.25) is 11.8 Å². The van der Waals surface area contributed by atoms with Crippen molar-refractivity contribution in [1.29, 1.82) is 0 Å². The Morgan fingerprint density at radius 1 is 0.552 bits per heavy atom. The molecule has 302 valence electrons. The highest BCUT2D eigenvalue weighted by atomic mass is 35.5. The molecule has 0 aromatic heterocycles. The lowest BCUT2D eigenvalue weighted by molar-refractivity contribution is -0.138. The molecule has 4 aromatic rings. The molecule has 2 aliphatic heterocycles. The summed E-state index contributed by atoms with van der Waals surface area (Å²) in [4.78, 5) is 53.8. The van der Waals surface area contributed by atoms with Crippen molar-refractivity contribution >= 4 is 82.5 Å². The van der Waals surface area contributed by atoms with E-state index in [9.17, 15) is 39.6 Å². The number of nitrogens with one attached hydrogen (secondary N) is 2. The molecule has 2 aliphatic rings. The van der Waals surface area contributed by atoms with Crippen molar-refractivity contribution in [1.82, 2.24) is 20.9 Å². The number of hydrazine groups is 2. The Morgan fingerprint density at radius 2 is 0.914 bits per heavy atom. The monoisotopic (exact) mass is 862 g/mol. The second-order valence-corrected chi connectivity index (χ2v) is 16.7. The number of unbranched alkanes of at least 4 members (excludes halogenated alkanes) is 5. The molecule has 2 atom stereocenters. The van der Waals surface area contributed by atoms with E-state index in [0.29, 0.717) is 43.8 Å². The van der Waals surface area contributed by atoms with E-state index < -0.39 is 22.6 Å². The number of amides is 4. The Hall–Kier alpha value is -5.28. The minimum Gasteiger partial charge on any atom is -0.504 e. The molecule has 0 saturated carbocycles. The first-order valence-corrected chi connectivity index (χ1v) is 21.0. The maximum Gasteiger partial charge on any atom is 0.280 e. The van der Waals surface area contributed by atoms with E-state index in [-0.39, 0.29) is 47.7 Å². The van der Waals surface area contributed by atoms with Crippen LogP contribution in [-0.4, -0.2) is 54.1 Å². The molecule has 2 saturated heterocycles. The van der Waals surface area contributed by atoms with Crippen LogP contribution in [-0.2, 0) is 19.2 Å². The van der Waals surface area contributed by atoms with Crippen molar-refractivity contribution < 1.29 is 39.6 Å².